The van der Waals surface area contributed by atoms with Gasteiger partial charge in [0.25, 0.3) is 0 Å². The number of nitrogens with one attached hydrogen (secondary N) is 3. The third-order valence-electron chi connectivity index (χ3n) is 4.61. The second kappa shape index (κ2) is 13.7. The van der Waals surface area contributed by atoms with Crippen molar-refractivity contribution in [1.82, 2.24) is 16.0 Å². The van der Waals surface area contributed by atoms with Crippen molar-refractivity contribution in [3.8, 4) is 0 Å². The fourth-order valence-electron chi connectivity index (χ4n) is 2.70. The Morgan fingerprint density at radius 1 is 0.968 bits per heavy atom. The highest BCUT2D eigenvalue weighted by molar-refractivity contribution is 7.98. The molecule has 3 amide bonds. The van der Waals surface area contributed by atoms with Gasteiger partial charge in [-0.05, 0) is 43.8 Å². The molecule has 0 aromatic heterocycles. The summed E-state index contributed by atoms with van der Waals surface area (Å²) in [5.74, 6) is -0.591. The van der Waals surface area contributed by atoms with E-state index in [0.29, 0.717) is 6.42 Å². The van der Waals surface area contributed by atoms with Crippen LogP contribution >= 0.6 is 11.8 Å². The molecular weight excluding hydrogens is 418 g/mol. The molecule has 0 aliphatic carbocycles. The average Bonchev–Trinajstić information content (AvgIpc) is 2.73. The lowest BCUT2D eigenvalue weighted by Crippen LogP contribution is -2.56. The summed E-state index contributed by atoms with van der Waals surface area (Å²) < 4.78 is 5.18. The molecule has 9 heteroatoms. The van der Waals surface area contributed by atoms with Crippen LogP contribution in [0.5, 0.6) is 0 Å². The molecule has 1 rings (SSSR count). The van der Waals surface area contributed by atoms with Crippen LogP contribution in [0.15, 0.2) is 30.3 Å². The molecule has 0 heterocycles. The van der Waals surface area contributed by atoms with Gasteiger partial charge in [-0.1, -0.05) is 44.2 Å². The van der Waals surface area contributed by atoms with Gasteiger partial charge in [-0.15, -0.1) is 0 Å². The molecule has 1 aromatic rings. The number of carbonyl (C=O) groups is 4. The van der Waals surface area contributed by atoms with Crippen molar-refractivity contribution in [2.75, 3.05) is 12.0 Å². The summed E-state index contributed by atoms with van der Waals surface area (Å²) in [6.45, 7) is 6.60. The van der Waals surface area contributed by atoms with E-state index >= 15 is 0 Å². The second-order valence-electron chi connectivity index (χ2n) is 7.61. The minimum absolute atomic E-state index is 0.0837. The fourth-order valence-corrected chi connectivity index (χ4v) is 3.18. The normalized spacial score (nSPS) is 13.6. The number of rotatable bonds is 12. The standard InChI is InChI=1S/C22H33N3O5S/c1-14(2)19(25-22(29)30-13-17-9-7-6-8-10-17)21(28)23-15(3)20(27)24-18(16(4)26)11-12-31-5/h6-10,14-15,18-19H,11-13H2,1-5H3,(H,23,28)(H,24,27)(H,25,29)/t15-,18-,19+/m0/s1. The van der Waals surface area contributed by atoms with Crippen molar-refractivity contribution < 1.29 is 23.9 Å². The largest absolute Gasteiger partial charge is 0.445 e. The average molecular weight is 452 g/mol. The van der Waals surface area contributed by atoms with Gasteiger partial charge in [-0.2, -0.15) is 11.8 Å². The molecule has 0 spiro atoms. The summed E-state index contributed by atoms with van der Waals surface area (Å²) in [4.78, 5) is 49.0. The number of ketones is 1. The fraction of sp³-hybridized carbons (Fsp3) is 0.545. The number of amides is 3. The maximum Gasteiger partial charge on any atom is 0.408 e. The minimum Gasteiger partial charge on any atom is -0.445 e. The lowest BCUT2D eigenvalue weighted by molar-refractivity contribution is -0.131. The van der Waals surface area contributed by atoms with Crippen molar-refractivity contribution in [2.45, 2.75) is 58.8 Å². The van der Waals surface area contributed by atoms with Gasteiger partial charge in [0.05, 0.1) is 6.04 Å². The number of Topliss-reactive ketones (excluding diaryl/α,β-unsaturated/α-hetero) is 1. The molecule has 0 unspecified atom stereocenters. The number of hydrogen-bond acceptors (Lipinski definition) is 6. The molecule has 3 N–H and O–H groups in total. The maximum absolute atomic E-state index is 12.7. The summed E-state index contributed by atoms with van der Waals surface area (Å²) in [5.41, 5.74) is 0.829. The van der Waals surface area contributed by atoms with Gasteiger partial charge in [0.1, 0.15) is 18.7 Å². The second-order valence-corrected chi connectivity index (χ2v) is 8.60. The van der Waals surface area contributed by atoms with E-state index < -0.39 is 36.0 Å². The van der Waals surface area contributed by atoms with Crippen molar-refractivity contribution in [2.24, 2.45) is 5.92 Å². The Bertz CT molecular complexity index is 742. The zero-order valence-corrected chi connectivity index (χ0v) is 19.6. The Morgan fingerprint density at radius 2 is 1.61 bits per heavy atom. The number of thioether (sulfide) groups is 1. The van der Waals surface area contributed by atoms with Gasteiger partial charge < -0.3 is 20.7 Å². The first-order valence-electron chi connectivity index (χ1n) is 10.2. The van der Waals surface area contributed by atoms with E-state index in [1.165, 1.54) is 13.8 Å². The van der Waals surface area contributed by atoms with Crippen LogP contribution in [0, 0.1) is 5.92 Å². The molecule has 8 nitrogen and oxygen atoms in total. The Morgan fingerprint density at radius 3 is 2.16 bits per heavy atom. The van der Waals surface area contributed by atoms with Gasteiger partial charge in [0, 0.05) is 0 Å². The smallest absolute Gasteiger partial charge is 0.408 e. The van der Waals surface area contributed by atoms with Crippen LogP contribution in [0.4, 0.5) is 4.79 Å². The number of benzene rings is 1. The van der Waals surface area contributed by atoms with E-state index in [1.807, 2.05) is 36.6 Å². The van der Waals surface area contributed by atoms with Crippen molar-refractivity contribution in [3.63, 3.8) is 0 Å². The van der Waals surface area contributed by atoms with Crippen LogP contribution in [0.1, 0.15) is 39.7 Å². The lowest BCUT2D eigenvalue weighted by atomic mass is 10.0. The molecule has 0 saturated carbocycles. The number of carbonyl (C=O) groups excluding carboxylic acids is 4. The van der Waals surface area contributed by atoms with E-state index in [1.54, 1.807) is 25.6 Å². The molecule has 0 radical (unpaired) electrons. The van der Waals surface area contributed by atoms with Gasteiger partial charge >= 0.3 is 6.09 Å². The van der Waals surface area contributed by atoms with Crippen molar-refractivity contribution >= 4 is 35.5 Å². The van der Waals surface area contributed by atoms with Crippen molar-refractivity contribution in [3.05, 3.63) is 35.9 Å². The summed E-state index contributed by atoms with van der Waals surface area (Å²) in [5, 5.41) is 7.83. The van der Waals surface area contributed by atoms with Crippen LogP contribution < -0.4 is 16.0 Å². The van der Waals surface area contributed by atoms with E-state index in [0.717, 1.165) is 11.3 Å². The van der Waals surface area contributed by atoms with Crippen LogP contribution in [0.25, 0.3) is 0 Å². The molecule has 31 heavy (non-hydrogen) atoms. The Kier molecular flexibility index (Phi) is 11.7. The Hall–Kier alpha value is -2.55. The SMILES string of the molecule is CSCC[C@H](NC(=O)[C@H](C)NC(=O)[C@H](NC(=O)OCc1ccccc1)C(C)C)C(C)=O. The third-order valence-corrected chi connectivity index (χ3v) is 5.25. The predicted octanol–water partition coefficient (Wildman–Crippen LogP) is 2.27. The monoisotopic (exact) mass is 451 g/mol. The van der Waals surface area contributed by atoms with Crippen molar-refractivity contribution in [1.29, 1.82) is 0 Å². The highest BCUT2D eigenvalue weighted by Gasteiger charge is 2.28. The van der Waals surface area contributed by atoms with E-state index in [-0.39, 0.29) is 18.3 Å². The zero-order chi connectivity index (χ0) is 23.4. The number of hydrogen-bond donors (Lipinski definition) is 3. The Labute approximate surface area is 188 Å². The third kappa shape index (κ3) is 9.87. The summed E-state index contributed by atoms with van der Waals surface area (Å²) in [6, 6.07) is 6.86. The van der Waals surface area contributed by atoms with Gasteiger partial charge in [-0.25, -0.2) is 4.79 Å². The number of alkyl carbamates (subject to hydrolysis) is 1. The lowest BCUT2D eigenvalue weighted by Gasteiger charge is -2.24. The Balaban J connectivity index is 2.61. The summed E-state index contributed by atoms with van der Waals surface area (Å²) in [6.07, 6.45) is 1.72. The van der Waals surface area contributed by atoms with Gasteiger partial charge in [0.15, 0.2) is 5.78 Å². The molecule has 3 atom stereocenters. The van der Waals surface area contributed by atoms with Crippen LogP contribution in [0.3, 0.4) is 0 Å². The predicted molar refractivity (Wildman–Crippen MR) is 122 cm³/mol. The topological polar surface area (TPSA) is 114 Å². The highest BCUT2D eigenvalue weighted by atomic mass is 32.2. The first-order valence-corrected chi connectivity index (χ1v) is 11.6. The van der Waals surface area contributed by atoms with E-state index in [9.17, 15) is 19.2 Å². The quantitative estimate of drug-likeness (QED) is 0.449. The molecule has 1 aromatic carbocycles. The first-order chi connectivity index (χ1) is 14.6. The van der Waals surface area contributed by atoms with Crippen LogP contribution in [0.2, 0.25) is 0 Å². The van der Waals surface area contributed by atoms with Gasteiger partial charge in [-0.3, -0.25) is 14.4 Å². The molecule has 0 bridgehead atoms. The zero-order valence-electron chi connectivity index (χ0n) is 18.8. The molecular formula is C22H33N3O5S. The first kappa shape index (κ1) is 26.5. The summed E-state index contributed by atoms with van der Waals surface area (Å²) in [7, 11) is 0. The van der Waals surface area contributed by atoms with Crippen LogP contribution in [-0.2, 0) is 25.7 Å². The molecule has 0 aliphatic heterocycles. The summed E-state index contributed by atoms with van der Waals surface area (Å²) >= 11 is 1.58. The van der Waals surface area contributed by atoms with Crippen LogP contribution in [-0.4, -0.2) is 53.8 Å². The minimum atomic E-state index is -0.876. The van der Waals surface area contributed by atoms with Gasteiger partial charge in [0.2, 0.25) is 11.8 Å². The van der Waals surface area contributed by atoms with E-state index in [2.05, 4.69) is 16.0 Å². The molecule has 0 aliphatic rings. The maximum atomic E-state index is 12.7. The molecule has 172 valence electrons. The molecule has 0 saturated heterocycles. The number of ether oxygens (including phenoxy) is 1. The van der Waals surface area contributed by atoms with E-state index in [4.69, 9.17) is 4.74 Å². The molecule has 0 fully saturated rings. The highest BCUT2D eigenvalue weighted by Crippen LogP contribution is 2.06.